The standard InChI is InChI=1S/C15H23NO2/c1-2-3-4-5-9-12-18-15(17)16-13-14-10-7-6-8-11-14/h6-8,10-11H,2-5,9,12-13H2,1H3,(H,16,17). The van der Waals surface area contributed by atoms with Crippen LogP contribution in [0.3, 0.4) is 0 Å². The Morgan fingerprint density at radius 2 is 1.83 bits per heavy atom. The number of rotatable bonds is 8. The Morgan fingerprint density at radius 3 is 2.56 bits per heavy atom. The number of hydrogen-bond acceptors (Lipinski definition) is 2. The number of amides is 1. The molecule has 1 rings (SSSR count). The van der Waals surface area contributed by atoms with Crippen LogP contribution < -0.4 is 5.32 Å². The Balaban J connectivity index is 2.01. The number of carbonyl (C=O) groups excluding carboxylic acids is 1. The van der Waals surface area contributed by atoms with Crippen molar-refractivity contribution >= 4 is 6.09 Å². The maximum atomic E-state index is 11.4. The summed E-state index contributed by atoms with van der Waals surface area (Å²) in [5.41, 5.74) is 1.08. The van der Waals surface area contributed by atoms with Crippen molar-refractivity contribution in [2.45, 2.75) is 45.6 Å². The third-order valence-corrected chi connectivity index (χ3v) is 2.76. The summed E-state index contributed by atoms with van der Waals surface area (Å²) in [6.45, 7) is 3.23. The topological polar surface area (TPSA) is 38.3 Å². The molecule has 3 heteroatoms. The summed E-state index contributed by atoms with van der Waals surface area (Å²) in [5, 5.41) is 2.74. The molecule has 1 amide bonds. The minimum Gasteiger partial charge on any atom is -0.450 e. The highest BCUT2D eigenvalue weighted by Gasteiger charge is 2.01. The molecule has 0 unspecified atom stereocenters. The highest BCUT2D eigenvalue weighted by molar-refractivity contribution is 5.67. The van der Waals surface area contributed by atoms with Gasteiger partial charge >= 0.3 is 6.09 Å². The van der Waals surface area contributed by atoms with Crippen molar-refractivity contribution in [3.05, 3.63) is 35.9 Å². The number of alkyl carbamates (subject to hydrolysis) is 1. The van der Waals surface area contributed by atoms with E-state index in [1.165, 1.54) is 19.3 Å². The van der Waals surface area contributed by atoms with E-state index in [4.69, 9.17) is 4.74 Å². The lowest BCUT2D eigenvalue weighted by atomic mass is 10.2. The van der Waals surface area contributed by atoms with E-state index in [-0.39, 0.29) is 6.09 Å². The molecule has 3 nitrogen and oxygen atoms in total. The molecule has 0 heterocycles. The zero-order valence-electron chi connectivity index (χ0n) is 11.2. The second-order valence-electron chi connectivity index (χ2n) is 4.39. The molecule has 0 bridgehead atoms. The van der Waals surface area contributed by atoms with Gasteiger partial charge in [-0.2, -0.15) is 0 Å². The Hall–Kier alpha value is -1.51. The van der Waals surface area contributed by atoms with E-state index < -0.39 is 0 Å². The predicted molar refractivity (Wildman–Crippen MR) is 73.4 cm³/mol. The summed E-state index contributed by atoms with van der Waals surface area (Å²) in [6, 6.07) is 9.82. The third-order valence-electron chi connectivity index (χ3n) is 2.76. The van der Waals surface area contributed by atoms with E-state index in [1.54, 1.807) is 0 Å². The van der Waals surface area contributed by atoms with Crippen LogP contribution in [-0.2, 0) is 11.3 Å². The number of hydrogen-bond donors (Lipinski definition) is 1. The SMILES string of the molecule is CCCCCCCOC(=O)NCc1ccccc1. The number of carbonyl (C=O) groups is 1. The number of benzene rings is 1. The molecule has 0 aliphatic rings. The molecule has 0 fully saturated rings. The van der Waals surface area contributed by atoms with Gasteiger partial charge in [0, 0.05) is 6.54 Å². The maximum absolute atomic E-state index is 11.4. The second-order valence-corrected chi connectivity index (χ2v) is 4.39. The van der Waals surface area contributed by atoms with Crippen LogP contribution in [0.1, 0.15) is 44.6 Å². The largest absolute Gasteiger partial charge is 0.450 e. The average Bonchev–Trinajstić information content (AvgIpc) is 2.41. The Kier molecular flexibility index (Phi) is 7.69. The summed E-state index contributed by atoms with van der Waals surface area (Å²) in [5.74, 6) is 0. The van der Waals surface area contributed by atoms with Crippen LogP contribution in [-0.4, -0.2) is 12.7 Å². The van der Waals surface area contributed by atoms with E-state index in [2.05, 4.69) is 12.2 Å². The van der Waals surface area contributed by atoms with E-state index in [1.807, 2.05) is 30.3 Å². The lowest BCUT2D eigenvalue weighted by Crippen LogP contribution is -2.24. The predicted octanol–water partition coefficient (Wildman–Crippen LogP) is 3.88. The fraction of sp³-hybridized carbons (Fsp3) is 0.533. The summed E-state index contributed by atoms with van der Waals surface area (Å²) >= 11 is 0. The number of nitrogens with one attached hydrogen (secondary N) is 1. The van der Waals surface area contributed by atoms with Gasteiger partial charge in [-0.1, -0.05) is 62.9 Å². The van der Waals surface area contributed by atoms with E-state index >= 15 is 0 Å². The van der Waals surface area contributed by atoms with Gasteiger partial charge in [-0.15, -0.1) is 0 Å². The zero-order chi connectivity index (χ0) is 13.1. The molecule has 0 radical (unpaired) electrons. The van der Waals surface area contributed by atoms with E-state index in [9.17, 15) is 4.79 Å². The first-order chi connectivity index (χ1) is 8.83. The minimum absolute atomic E-state index is 0.325. The minimum atomic E-state index is -0.325. The molecule has 1 N–H and O–H groups in total. The molecule has 0 saturated carbocycles. The van der Waals surface area contributed by atoms with Gasteiger partial charge in [0.2, 0.25) is 0 Å². The molecule has 0 aliphatic heterocycles. The van der Waals surface area contributed by atoms with Crippen molar-refractivity contribution in [1.82, 2.24) is 5.32 Å². The van der Waals surface area contributed by atoms with Crippen LogP contribution in [0.2, 0.25) is 0 Å². The highest BCUT2D eigenvalue weighted by atomic mass is 16.5. The smallest absolute Gasteiger partial charge is 0.407 e. The summed E-state index contributed by atoms with van der Waals surface area (Å²) < 4.78 is 5.09. The third kappa shape index (κ3) is 6.94. The zero-order valence-corrected chi connectivity index (χ0v) is 11.2. The van der Waals surface area contributed by atoms with Gasteiger partial charge in [0.05, 0.1) is 6.61 Å². The lowest BCUT2D eigenvalue weighted by Gasteiger charge is -2.06. The molecular weight excluding hydrogens is 226 g/mol. The van der Waals surface area contributed by atoms with Crippen LogP contribution in [0, 0.1) is 0 Å². The molecule has 1 aromatic carbocycles. The fourth-order valence-electron chi connectivity index (χ4n) is 1.69. The van der Waals surface area contributed by atoms with Gasteiger partial charge < -0.3 is 10.1 Å². The normalized spacial score (nSPS) is 10.1. The van der Waals surface area contributed by atoms with Crippen LogP contribution in [0.15, 0.2) is 30.3 Å². The van der Waals surface area contributed by atoms with Crippen molar-refractivity contribution in [3.63, 3.8) is 0 Å². The Morgan fingerprint density at radius 1 is 1.11 bits per heavy atom. The first kappa shape index (κ1) is 14.6. The molecule has 100 valence electrons. The molecule has 0 spiro atoms. The Bertz CT molecular complexity index is 325. The van der Waals surface area contributed by atoms with Crippen molar-refractivity contribution in [1.29, 1.82) is 0 Å². The maximum Gasteiger partial charge on any atom is 0.407 e. The van der Waals surface area contributed by atoms with Crippen molar-refractivity contribution in [3.8, 4) is 0 Å². The summed E-state index contributed by atoms with van der Waals surface area (Å²) in [7, 11) is 0. The van der Waals surface area contributed by atoms with E-state index in [0.717, 1.165) is 18.4 Å². The van der Waals surface area contributed by atoms with Gasteiger partial charge in [0.25, 0.3) is 0 Å². The quantitative estimate of drug-likeness (QED) is 0.710. The average molecular weight is 249 g/mol. The first-order valence-electron chi connectivity index (χ1n) is 6.77. The van der Waals surface area contributed by atoms with Crippen molar-refractivity contribution in [2.75, 3.05) is 6.61 Å². The summed E-state index contributed by atoms with van der Waals surface area (Å²) in [4.78, 5) is 11.4. The molecule has 0 aromatic heterocycles. The number of unbranched alkanes of at least 4 members (excludes halogenated alkanes) is 4. The number of ether oxygens (including phenoxy) is 1. The van der Waals surface area contributed by atoms with Crippen LogP contribution in [0.4, 0.5) is 4.79 Å². The monoisotopic (exact) mass is 249 g/mol. The highest BCUT2D eigenvalue weighted by Crippen LogP contribution is 2.02. The van der Waals surface area contributed by atoms with Crippen LogP contribution >= 0.6 is 0 Å². The van der Waals surface area contributed by atoms with Crippen LogP contribution in [0.25, 0.3) is 0 Å². The van der Waals surface area contributed by atoms with Crippen molar-refractivity contribution < 1.29 is 9.53 Å². The van der Waals surface area contributed by atoms with E-state index in [0.29, 0.717) is 13.2 Å². The van der Waals surface area contributed by atoms with Crippen LogP contribution in [0.5, 0.6) is 0 Å². The first-order valence-corrected chi connectivity index (χ1v) is 6.77. The van der Waals surface area contributed by atoms with Gasteiger partial charge in [-0.3, -0.25) is 0 Å². The molecule has 0 atom stereocenters. The second kappa shape index (κ2) is 9.51. The molecule has 0 saturated heterocycles. The molecular formula is C15H23NO2. The molecule has 0 aliphatic carbocycles. The van der Waals surface area contributed by atoms with Gasteiger partial charge in [-0.05, 0) is 12.0 Å². The van der Waals surface area contributed by atoms with Gasteiger partial charge in [0.15, 0.2) is 0 Å². The van der Waals surface area contributed by atoms with Crippen molar-refractivity contribution in [2.24, 2.45) is 0 Å². The van der Waals surface area contributed by atoms with Gasteiger partial charge in [0.1, 0.15) is 0 Å². The lowest BCUT2D eigenvalue weighted by molar-refractivity contribution is 0.143. The fourth-order valence-corrected chi connectivity index (χ4v) is 1.69. The van der Waals surface area contributed by atoms with Gasteiger partial charge in [-0.25, -0.2) is 4.79 Å². The molecule has 18 heavy (non-hydrogen) atoms. The summed E-state index contributed by atoms with van der Waals surface area (Å²) in [6.07, 6.45) is 5.50. The Labute approximate surface area is 110 Å². The molecule has 1 aromatic rings.